The third-order valence-corrected chi connectivity index (χ3v) is 4.24. The van der Waals surface area contributed by atoms with Crippen LogP contribution in [0, 0.1) is 0 Å². The minimum Gasteiger partial charge on any atom is -0.676 e. The molecule has 2 heterocycles. The normalized spacial score (nSPS) is 19.0. The Morgan fingerprint density at radius 2 is 2.04 bits per heavy atom. The number of fused-ring (bicyclic) bond motifs is 1. The Morgan fingerprint density at radius 1 is 1.26 bits per heavy atom. The Hall–Kier alpha value is -3.27. The third-order valence-electron chi connectivity index (χ3n) is 4.24. The molecule has 2 aliphatic heterocycles. The molecule has 3 rings (SSSR count). The Bertz CT molecular complexity index is 837. The number of carbonyl (C=O) groups excluding carboxylic acids is 5. The van der Waals surface area contributed by atoms with Gasteiger partial charge in [-0.25, -0.2) is 0 Å². The van der Waals surface area contributed by atoms with E-state index in [1.54, 1.807) is 0 Å². The molecule has 1 atom stereocenters. The van der Waals surface area contributed by atoms with Crippen LogP contribution in [0.25, 0.3) is 5.73 Å². The highest BCUT2D eigenvalue weighted by Gasteiger charge is 2.46. The Kier molecular flexibility index (Phi) is 5.17. The number of imide groups is 2. The zero-order valence-corrected chi connectivity index (χ0v) is 14.2. The van der Waals surface area contributed by atoms with Gasteiger partial charge in [-0.1, -0.05) is 6.07 Å². The fraction of sp³-hybridized carbons (Fsp3) is 0.353. The zero-order valence-electron chi connectivity index (χ0n) is 14.2. The van der Waals surface area contributed by atoms with Gasteiger partial charge in [0, 0.05) is 6.42 Å². The van der Waals surface area contributed by atoms with E-state index in [1.165, 1.54) is 18.2 Å². The van der Waals surface area contributed by atoms with E-state index in [0.717, 1.165) is 4.90 Å². The maximum Gasteiger partial charge on any atom is 0.266 e. The van der Waals surface area contributed by atoms with E-state index in [4.69, 9.17) is 10.5 Å². The maximum absolute atomic E-state index is 12.8. The van der Waals surface area contributed by atoms with Gasteiger partial charge in [0.15, 0.2) is 6.61 Å². The summed E-state index contributed by atoms with van der Waals surface area (Å²) in [7, 11) is 0. The van der Waals surface area contributed by atoms with E-state index in [-0.39, 0.29) is 49.4 Å². The summed E-state index contributed by atoms with van der Waals surface area (Å²) in [6, 6.07) is 3.34. The summed E-state index contributed by atoms with van der Waals surface area (Å²) in [4.78, 5) is 61.3. The van der Waals surface area contributed by atoms with Gasteiger partial charge < -0.3 is 15.8 Å². The molecule has 0 saturated carbocycles. The highest BCUT2D eigenvalue weighted by atomic mass is 16.5. The van der Waals surface area contributed by atoms with Crippen molar-refractivity contribution in [3.63, 3.8) is 0 Å². The number of hydrogen-bond acceptors (Lipinski definition) is 6. The smallest absolute Gasteiger partial charge is 0.266 e. The molecule has 5 amide bonds. The number of piperidine rings is 1. The number of carbonyl (C=O) groups is 5. The van der Waals surface area contributed by atoms with Crippen LogP contribution in [0.3, 0.4) is 0 Å². The van der Waals surface area contributed by atoms with Gasteiger partial charge in [-0.3, -0.25) is 34.2 Å². The van der Waals surface area contributed by atoms with Gasteiger partial charge in [0.2, 0.25) is 11.8 Å². The lowest BCUT2D eigenvalue weighted by molar-refractivity contribution is -0.136. The minimum absolute atomic E-state index is 0.0134. The molecule has 3 N–H and O–H groups in total. The number of nitrogens with zero attached hydrogens (tertiary/aromatic N) is 1. The van der Waals surface area contributed by atoms with Crippen LogP contribution < -0.4 is 15.4 Å². The monoisotopic (exact) mass is 373 g/mol. The summed E-state index contributed by atoms with van der Waals surface area (Å²) < 4.78 is 5.38. The largest absolute Gasteiger partial charge is 0.676 e. The summed E-state index contributed by atoms with van der Waals surface area (Å²) in [5.74, 6) is -2.89. The Morgan fingerprint density at radius 3 is 2.74 bits per heavy atom. The number of ether oxygens (including phenoxy) is 1. The summed E-state index contributed by atoms with van der Waals surface area (Å²) in [6.07, 6.45) is 0.0885. The van der Waals surface area contributed by atoms with Crippen molar-refractivity contribution in [2.75, 3.05) is 19.7 Å². The second kappa shape index (κ2) is 7.54. The molecule has 0 aromatic heterocycles. The molecule has 1 aromatic carbocycles. The van der Waals surface area contributed by atoms with Crippen LogP contribution >= 0.6 is 0 Å². The van der Waals surface area contributed by atoms with Crippen molar-refractivity contribution in [1.82, 2.24) is 15.5 Å². The van der Waals surface area contributed by atoms with Gasteiger partial charge in [-0.05, 0) is 25.1 Å². The predicted molar refractivity (Wildman–Crippen MR) is 90.8 cm³/mol. The van der Waals surface area contributed by atoms with Crippen LogP contribution in [0.15, 0.2) is 18.2 Å². The van der Waals surface area contributed by atoms with E-state index in [1.807, 2.05) is 0 Å². The molecule has 1 fully saturated rings. The second-order valence-corrected chi connectivity index (χ2v) is 6.01. The first-order valence-corrected chi connectivity index (χ1v) is 8.32. The molecule has 0 bridgehead atoms. The molecule has 2 aliphatic rings. The van der Waals surface area contributed by atoms with Gasteiger partial charge in [-0.15, -0.1) is 6.54 Å². The van der Waals surface area contributed by atoms with E-state index >= 15 is 0 Å². The number of hydrogen-bond donors (Lipinski definition) is 2. The SMILES string of the molecule is [NH-]CCNC(=O)COc1cccc2c1C(=O)N(C1CCC(=O)NC1=O)C2=O. The lowest BCUT2D eigenvalue weighted by Crippen LogP contribution is -2.54. The highest BCUT2D eigenvalue weighted by molar-refractivity contribution is 6.24. The number of nitrogens with one attached hydrogen (secondary N) is 3. The molecule has 1 saturated heterocycles. The topological polar surface area (TPSA) is 146 Å². The molecule has 1 aromatic rings. The van der Waals surface area contributed by atoms with Crippen molar-refractivity contribution in [2.45, 2.75) is 18.9 Å². The molecule has 10 nitrogen and oxygen atoms in total. The Balaban J connectivity index is 1.81. The Labute approximate surface area is 154 Å². The van der Waals surface area contributed by atoms with Crippen molar-refractivity contribution in [3.05, 3.63) is 35.1 Å². The van der Waals surface area contributed by atoms with E-state index in [0.29, 0.717) is 0 Å². The molecule has 0 radical (unpaired) electrons. The first-order valence-electron chi connectivity index (χ1n) is 8.32. The van der Waals surface area contributed by atoms with Crippen LogP contribution in [0.4, 0.5) is 0 Å². The zero-order chi connectivity index (χ0) is 19.6. The average molecular weight is 373 g/mol. The van der Waals surface area contributed by atoms with Crippen molar-refractivity contribution in [3.8, 4) is 5.75 Å². The van der Waals surface area contributed by atoms with Crippen LogP contribution in [0.5, 0.6) is 5.75 Å². The second-order valence-electron chi connectivity index (χ2n) is 6.01. The van der Waals surface area contributed by atoms with E-state index in [2.05, 4.69) is 10.6 Å². The highest BCUT2D eigenvalue weighted by Crippen LogP contribution is 2.33. The fourth-order valence-electron chi connectivity index (χ4n) is 3.00. The van der Waals surface area contributed by atoms with Gasteiger partial charge in [0.25, 0.3) is 17.7 Å². The first kappa shape index (κ1) is 18.5. The molecular weight excluding hydrogens is 356 g/mol. The number of benzene rings is 1. The molecule has 0 spiro atoms. The molecule has 10 heteroatoms. The van der Waals surface area contributed by atoms with E-state index < -0.39 is 35.6 Å². The lowest BCUT2D eigenvalue weighted by Gasteiger charge is -2.27. The molecule has 1 unspecified atom stereocenters. The summed E-state index contributed by atoms with van der Waals surface area (Å²) in [5.41, 5.74) is 7.06. The minimum atomic E-state index is -1.07. The molecule has 142 valence electrons. The molecular formula is C17H17N4O6-. The van der Waals surface area contributed by atoms with Crippen molar-refractivity contribution < 1.29 is 28.7 Å². The van der Waals surface area contributed by atoms with Crippen molar-refractivity contribution in [2.24, 2.45) is 0 Å². The van der Waals surface area contributed by atoms with Crippen LogP contribution in [-0.4, -0.2) is 60.2 Å². The standard InChI is InChI=1S/C17H17N4O6/c18-6-7-19-13(23)8-27-11-3-1-2-9-14(11)17(26)21(16(9)25)10-4-5-12(22)20-15(10)24/h1-3,10,18H,4-8H2,(H,19,23)(H,20,22,24)/q-1. The summed E-state index contributed by atoms with van der Waals surface area (Å²) in [5, 5.41) is 4.59. The van der Waals surface area contributed by atoms with Crippen molar-refractivity contribution in [1.29, 1.82) is 0 Å². The molecule has 0 aliphatic carbocycles. The average Bonchev–Trinajstić information content (AvgIpc) is 2.90. The fourth-order valence-corrected chi connectivity index (χ4v) is 3.00. The first-order chi connectivity index (χ1) is 12.9. The van der Waals surface area contributed by atoms with Crippen LogP contribution in [0.1, 0.15) is 33.6 Å². The van der Waals surface area contributed by atoms with Crippen LogP contribution in [0.2, 0.25) is 0 Å². The number of rotatable bonds is 6. The van der Waals surface area contributed by atoms with E-state index in [9.17, 15) is 24.0 Å². The molecule has 27 heavy (non-hydrogen) atoms. The van der Waals surface area contributed by atoms with Gasteiger partial charge >= 0.3 is 0 Å². The van der Waals surface area contributed by atoms with Gasteiger partial charge in [0.05, 0.1) is 11.1 Å². The summed E-state index contributed by atoms with van der Waals surface area (Å²) in [6.45, 7) is -0.174. The maximum atomic E-state index is 12.8. The predicted octanol–water partition coefficient (Wildman–Crippen LogP) is -0.365. The van der Waals surface area contributed by atoms with Gasteiger partial charge in [0.1, 0.15) is 11.8 Å². The third kappa shape index (κ3) is 3.51. The summed E-state index contributed by atoms with van der Waals surface area (Å²) >= 11 is 0. The van der Waals surface area contributed by atoms with Crippen molar-refractivity contribution >= 4 is 29.5 Å². The lowest BCUT2D eigenvalue weighted by atomic mass is 10.0. The quantitative estimate of drug-likeness (QED) is 0.651. The van der Waals surface area contributed by atoms with Crippen LogP contribution in [-0.2, 0) is 14.4 Å². The number of amides is 5. The van der Waals surface area contributed by atoms with Gasteiger partial charge in [-0.2, -0.15) is 0 Å².